The van der Waals surface area contributed by atoms with Gasteiger partial charge >= 0.3 is 6.09 Å². The van der Waals surface area contributed by atoms with E-state index in [9.17, 15) is 9.59 Å². The van der Waals surface area contributed by atoms with Crippen molar-refractivity contribution in [3.05, 3.63) is 23.2 Å². The molecule has 2 rings (SSSR count). The summed E-state index contributed by atoms with van der Waals surface area (Å²) >= 11 is 6.05. The first-order valence-electron chi connectivity index (χ1n) is 7.61. The topological polar surface area (TPSA) is 67.9 Å². The molecule has 1 fully saturated rings. The Hall–Kier alpha value is -1.95. The molecule has 0 unspecified atom stereocenters. The standard InChI is InChI=1S/C16H21ClN2O4/c1-3-23-16(21)19-8-6-11(7-9-19)15(20)18-12-4-5-14(22-2)13(17)10-12/h4-5,10-11H,3,6-9H2,1-2H3,(H,18,20). The van der Waals surface area contributed by atoms with E-state index >= 15 is 0 Å². The highest BCUT2D eigenvalue weighted by Crippen LogP contribution is 2.28. The molecule has 7 heteroatoms. The molecule has 1 aliphatic rings. The van der Waals surface area contributed by atoms with Gasteiger partial charge in [0.05, 0.1) is 18.7 Å². The molecule has 1 heterocycles. The Morgan fingerprint density at radius 1 is 1.35 bits per heavy atom. The second-order valence-electron chi connectivity index (χ2n) is 5.30. The van der Waals surface area contributed by atoms with Gasteiger partial charge in [0.25, 0.3) is 0 Å². The van der Waals surface area contributed by atoms with E-state index in [1.807, 2.05) is 0 Å². The molecule has 0 aliphatic carbocycles. The Bertz CT molecular complexity index is 571. The van der Waals surface area contributed by atoms with Crippen LogP contribution in [0.15, 0.2) is 18.2 Å². The predicted octanol–water partition coefficient (Wildman–Crippen LogP) is 3.16. The van der Waals surface area contributed by atoms with Crippen molar-refractivity contribution in [2.45, 2.75) is 19.8 Å². The Morgan fingerprint density at radius 3 is 2.61 bits per heavy atom. The summed E-state index contributed by atoms with van der Waals surface area (Å²) in [5, 5.41) is 3.31. The molecule has 1 N–H and O–H groups in total. The summed E-state index contributed by atoms with van der Waals surface area (Å²) in [6.07, 6.45) is 0.927. The number of nitrogens with zero attached hydrogens (tertiary/aromatic N) is 1. The highest BCUT2D eigenvalue weighted by Gasteiger charge is 2.28. The maximum atomic E-state index is 12.3. The molecule has 0 radical (unpaired) electrons. The number of methoxy groups -OCH3 is 1. The Balaban J connectivity index is 1.88. The summed E-state index contributed by atoms with van der Waals surface area (Å²) in [6, 6.07) is 5.11. The van der Waals surface area contributed by atoms with E-state index < -0.39 is 0 Å². The fourth-order valence-electron chi connectivity index (χ4n) is 2.53. The minimum Gasteiger partial charge on any atom is -0.495 e. The van der Waals surface area contributed by atoms with Gasteiger partial charge in [-0.2, -0.15) is 0 Å². The molecule has 6 nitrogen and oxygen atoms in total. The summed E-state index contributed by atoms with van der Waals surface area (Å²) in [6.45, 7) is 3.19. The van der Waals surface area contributed by atoms with Crippen LogP contribution in [0.3, 0.4) is 0 Å². The summed E-state index contributed by atoms with van der Waals surface area (Å²) in [5.41, 5.74) is 0.633. The molecule has 0 saturated carbocycles. The van der Waals surface area contributed by atoms with E-state index in [-0.39, 0.29) is 17.9 Å². The van der Waals surface area contributed by atoms with Gasteiger partial charge in [-0.05, 0) is 38.0 Å². The third-order valence-corrected chi connectivity index (χ3v) is 4.11. The van der Waals surface area contributed by atoms with Gasteiger partial charge < -0.3 is 19.7 Å². The van der Waals surface area contributed by atoms with Crippen molar-refractivity contribution in [1.29, 1.82) is 0 Å². The predicted molar refractivity (Wildman–Crippen MR) is 88.0 cm³/mol. The summed E-state index contributed by atoms with van der Waals surface area (Å²) in [7, 11) is 1.54. The average molecular weight is 341 g/mol. The monoisotopic (exact) mass is 340 g/mol. The van der Waals surface area contributed by atoms with Crippen LogP contribution < -0.4 is 10.1 Å². The lowest BCUT2D eigenvalue weighted by Gasteiger charge is -2.30. The Labute approximate surface area is 140 Å². The van der Waals surface area contributed by atoms with Crippen LogP contribution in [0.5, 0.6) is 5.75 Å². The first kappa shape index (κ1) is 17.4. The number of ether oxygens (including phenoxy) is 2. The third kappa shape index (κ3) is 4.51. The molecular weight excluding hydrogens is 320 g/mol. The molecule has 23 heavy (non-hydrogen) atoms. The second kappa shape index (κ2) is 8.06. The van der Waals surface area contributed by atoms with E-state index in [4.69, 9.17) is 21.1 Å². The van der Waals surface area contributed by atoms with Gasteiger partial charge in [-0.1, -0.05) is 11.6 Å². The van der Waals surface area contributed by atoms with Crippen molar-refractivity contribution in [3.8, 4) is 5.75 Å². The van der Waals surface area contributed by atoms with E-state index in [1.165, 1.54) is 7.11 Å². The molecule has 0 spiro atoms. The number of benzene rings is 1. The van der Waals surface area contributed by atoms with Crippen LogP contribution in [-0.4, -0.2) is 43.7 Å². The largest absolute Gasteiger partial charge is 0.495 e. The molecule has 2 amide bonds. The summed E-state index contributed by atoms with van der Waals surface area (Å²) < 4.78 is 10.0. The molecule has 1 aromatic rings. The second-order valence-corrected chi connectivity index (χ2v) is 5.71. The zero-order chi connectivity index (χ0) is 16.8. The van der Waals surface area contributed by atoms with Crippen molar-refractivity contribution in [2.75, 3.05) is 32.1 Å². The van der Waals surface area contributed by atoms with Gasteiger partial charge in [-0.3, -0.25) is 4.79 Å². The zero-order valence-electron chi connectivity index (χ0n) is 13.3. The quantitative estimate of drug-likeness (QED) is 0.914. The fraction of sp³-hybridized carbons (Fsp3) is 0.500. The lowest BCUT2D eigenvalue weighted by atomic mass is 9.96. The van der Waals surface area contributed by atoms with Crippen LogP contribution in [0.2, 0.25) is 5.02 Å². The normalized spacial score (nSPS) is 15.2. The van der Waals surface area contributed by atoms with Crippen LogP contribution in [0.1, 0.15) is 19.8 Å². The van der Waals surface area contributed by atoms with E-state index in [1.54, 1.807) is 30.0 Å². The number of amides is 2. The number of nitrogens with one attached hydrogen (secondary N) is 1. The van der Waals surface area contributed by atoms with Crippen LogP contribution >= 0.6 is 11.6 Å². The van der Waals surface area contributed by atoms with Crippen LogP contribution in [0.25, 0.3) is 0 Å². The number of rotatable bonds is 4. The van der Waals surface area contributed by atoms with Gasteiger partial charge in [0.2, 0.25) is 5.91 Å². The van der Waals surface area contributed by atoms with Gasteiger partial charge in [0.15, 0.2) is 0 Å². The molecule has 1 saturated heterocycles. The number of carbonyl (C=O) groups is 2. The molecule has 0 atom stereocenters. The highest BCUT2D eigenvalue weighted by atomic mass is 35.5. The maximum absolute atomic E-state index is 12.3. The smallest absolute Gasteiger partial charge is 0.409 e. The molecular formula is C16H21ClN2O4. The lowest BCUT2D eigenvalue weighted by molar-refractivity contribution is -0.121. The van der Waals surface area contributed by atoms with E-state index in [2.05, 4.69) is 5.32 Å². The lowest BCUT2D eigenvalue weighted by Crippen LogP contribution is -2.41. The van der Waals surface area contributed by atoms with Crippen molar-refractivity contribution in [2.24, 2.45) is 5.92 Å². The Kier molecular flexibility index (Phi) is 6.10. The van der Waals surface area contributed by atoms with E-state index in [0.717, 1.165) is 0 Å². The van der Waals surface area contributed by atoms with Crippen LogP contribution in [-0.2, 0) is 9.53 Å². The SMILES string of the molecule is CCOC(=O)N1CCC(C(=O)Nc2ccc(OC)c(Cl)c2)CC1. The van der Waals surface area contributed by atoms with Gasteiger partial charge in [0, 0.05) is 24.7 Å². The number of halogens is 1. The first-order chi connectivity index (χ1) is 11.0. The first-order valence-corrected chi connectivity index (χ1v) is 7.99. The maximum Gasteiger partial charge on any atom is 0.409 e. The van der Waals surface area contributed by atoms with Crippen LogP contribution in [0, 0.1) is 5.92 Å². The number of likely N-dealkylation sites (tertiary alicyclic amines) is 1. The molecule has 0 bridgehead atoms. The number of anilines is 1. The average Bonchev–Trinajstić information content (AvgIpc) is 2.55. The highest BCUT2D eigenvalue weighted by molar-refractivity contribution is 6.32. The molecule has 1 aliphatic heterocycles. The number of carbonyl (C=O) groups excluding carboxylic acids is 2. The van der Waals surface area contributed by atoms with E-state index in [0.29, 0.717) is 49.0 Å². The molecule has 0 aromatic heterocycles. The third-order valence-electron chi connectivity index (χ3n) is 3.81. The van der Waals surface area contributed by atoms with Gasteiger partial charge in [-0.25, -0.2) is 4.79 Å². The minimum absolute atomic E-state index is 0.0604. The van der Waals surface area contributed by atoms with Crippen molar-refractivity contribution in [3.63, 3.8) is 0 Å². The fourth-order valence-corrected chi connectivity index (χ4v) is 2.79. The van der Waals surface area contributed by atoms with Crippen molar-refractivity contribution >= 4 is 29.3 Å². The zero-order valence-corrected chi connectivity index (χ0v) is 14.1. The summed E-state index contributed by atoms with van der Waals surface area (Å²) in [5.74, 6) is 0.378. The van der Waals surface area contributed by atoms with Gasteiger partial charge in [0.1, 0.15) is 5.75 Å². The van der Waals surface area contributed by atoms with Crippen LogP contribution in [0.4, 0.5) is 10.5 Å². The number of piperidine rings is 1. The number of hydrogen-bond acceptors (Lipinski definition) is 4. The van der Waals surface area contributed by atoms with Gasteiger partial charge in [-0.15, -0.1) is 0 Å². The Morgan fingerprint density at radius 2 is 2.04 bits per heavy atom. The van der Waals surface area contributed by atoms with Crippen molar-refractivity contribution < 1.29 is 19.1 Å². The summed E-state index contributed by atoms with van der Waals surface area (Å²) in [4.78, 5) is 25.6. The number of hydrogen-bond donors (Lipinski definition) is 1. The molecule has 126 valence electrons. The molecule has 1 aromatic carbocycles. The van der Waals surface area contributed by atoms with Crippen molar-refractivity contribution in [1.82, 2.24) is 4.90 Å². The minimum atomic E-state index is -0.312.